The van der Waals surface area contributed by atoms with E-state index in [2.05, 4.69) is 4.90 Å². The van der Waals surface area contributed by atoms with E-state index >= 15 is 0 Å². The molecule has 2 aromatic carbocycles. The first-order chi connectivity index (χ1) is 16.0. The highest BCUT2D eigenvalue weighted by molar-refractivity contribution is 5.88. The van der Waals surface area contributed by atoms with Crippen LogP contribution in [-0.4, -0.2) is 54.5 Å². The predicted molar refractivity (Wildman–Crippen MR) is 133 cm³/mol. The van der Waals surface area contributed by atoms with Gasteiger partial charge in [0.2, 0.25) is 0 Å². The van der Waals surface area contributed by atoms with Crippen molar-refractivity contribution in [2.75, 3.05) is 33.7 Å². The number of nitrogens with zero attached hydrogens (tertiary/aromatic N) is 3. The van der Waals surface area contributed by atoms with Crippen LogP contribution in [0.1, 0.15) is 43.2 Å². The minimum atomic E-state index is -0.499. The fourth-order valence-electron chi connectivity index (χ4n) is 4.97. The molecule has 0 bridgehead atoms. The molecule has 0 amide bonds. The smallest absolute Gasteiger partial charge is 0.343 e. The van der Waals surface area contributed by atoms with Crippen LogP contribution in [0.3, 0.4) is 0 Å². The van der Waals surface area contributed by atoms with Crippen LogP contribution in [0.4, 0.5) is 0 Å². The SMILES string of the molecule is C/C(=N/N(C)C)C(CN1CCCCC1)C(c1ccccc1)c1c(O)c2ccccc2oc1=O. The minimum Gasteiger partial charge on any atom is -0.507 e. The van der Waals surface area contributed by atoms with Crippen LogP contribution in [-0.2, 0) is 0 Å². The van der Waals surface area contributed by atoms with E-state index in [1.807, 2.05) is 57.4 Å². The molecule has 0 spiro atoms. The molecule has 1 N–H and O–H groups in total. The lowest BCUT2D eigenvalue weighted by atomic mass is 9.78. The summed E-state index contributed by atoms with van der Waals surface area (Å²) in [4.78, 5) is 15.8. The maximum atomic E-state index is 13.3. The first kappa shape index (κ1) is 23.1. The van der Waals surface area contributed by atoms with Crippen molar-refractivity contribution >= 4 is 16.7 Å². The number of aromatic hydroxyl groups is 1. The fraction of sp³-hybridized carbons (Fsp3) is 0.407. The average Bonchev–Trinajstić information content (AvgIpc) is 2.81. The number of hydrogen-bond donors (Lipinski definition) is 1. The van der Waals surface area contributed by atoms with E-state index in [0.717, 1.165) is 30.9 Å². The van der Waals surface area contributed by atoms with Gasteiger partial charge in [0.15, 0.2) is 0 Å². The highest BCUT2D eigenvalue weighted by atomic mass is 16.4. The molecule has 1 aliphatic rings. The van der Waals surface area contributed by atoms with Gasteiger partial charge in [0.1, 0.15) is 11.3 Å². The standard InChI is InChI=1S/C27H33N3O3/c1-19(28-29(2)3)22(18-30-16-10-5-11-17-30)24(20-12-6-4-7-13-20)25-26(31)21-14-8-9-15-23(21)33-27(25)32/h4,6-9,12-15,22,24,31H,5,10-11,16-18H2,1-3H3/b28-19-. The Morgan fingerprint density at radius 1 is 1.06 bits per heavy atom. The Morgan fingerprint density at radius 2 is 1.73 bits per heavy atom. The Balaban J connectivity index is 1.91. The molecule has 1 aromatic heterocycles. The zero-order chi connectivity index (χ0) is 23.4. The molecule has 0 aliphatic carbocycles. The number of hydrazone groups is 1. The molecule has 33 heavy (non-hydrogen) atoms. The number of rotatable bonds is 7. The molecule has 0 radical (unpaired) electrons. The van der Waals surface area contributed by atoms with Gasteiger partial charge < -0.3 is 19.4 Å². The van der Waals surface area contributed by atoms with Gasteiger partial charge in [-0.15, -0.1) is 0 Å². The largest absolute Gasteiger partial charge is 0.507 e. The highest BCUT2D eigenvalue weighted by Crippen LogP contribution is 2.39. The molecule has 1 fully saturated rings. The van der Waals surface area contributed by atoms with Gasteiger partial charge in [0.05, 0.1) is 10.9 Å². The summed E-state index contributed by atoms with van der Waals surface area (Å²) < 4.78 is 5.70. The monoisotopic (exact) mass is 447 g/mol. The van der Waals surface area contributed by atoms with E-state index in [4.69, 9.17) is 9.52 Å². The quantitative estimate of drug-likeness (QED) is 0.324. The number of fused-ring (bicyclic) bond motifs is 1. The van der Waals surface area contributed by atoms with Crippen molar-refractivity contribution < 1.29 is 9.52 Å². The number of para-hydroxylation sites is 1. The van der Waals surface area contributed by atoms with E-state index in [9.17, 15) is 9.90 Å². The summed E-state index contributed by atoms with van der Waals surface area (Å²) in [5.41, 5.74) is 2.08. The van der Waals surface area contributed by atoms with Gasteiger partial charge in [-0.2, -0.15) is 5.10 Å². The maximum Gasteiger partial charge on any atom is 0.343 e. The Hall–Kier alpha value is -3.12. The Morgan fingerprint density at radius 3 is 2.42 bits per heavy atom. The highest BCUT2D eigenvalue weighted by Gasteiger charge is 2.35. The summed E-state index contributed by atoms with van der Waals surface area (Å²) in [5, 5.41) is 18.4. The van der Waals surface area contributed by atoms with Gasteiger partial charge in [-0.25, -0.2) is 4.79 Å². The second-order valence-corrected chi connectivity index (χ2v) is 9.09. The van der Waals surface area contributed by atoms with Gasteiger partial charge >= 0.3 is 5.63 Å². The summed E-state index contributed by atoms with van der Waals surface area (Å²) in [5.74, 6) is -0.502. The molecular weight excluding hydrogens is 414 g/mol. The van der Waals surface area contributed by atoms with Crippen LogP contribution in [0.25, 0.3) is 11.0 Å². The summed E-state index contributed by atoms with van der Waals surface area (Å²) in [6.07, 6.45) is 3.61. The van der Waals surface area contributed by atoms with Crippen molar-refractivity contribution in [3.63, 3.8) is 0 Å². The van der Waals surface area contributed by atoms with Crippen LogP contribution in [0.2, 0.25) is 0 Å². The van der Waals surface area contributed by atoms with Crippen molar-refractivity contribution in [2.45, 2.75) is 32.1 Å². The Bertz CT molecular complexity index is 1160. The van der Waals surface area contributed by atoms with Gasteiger partial charge in [0.25, 0.3) is 0 Å². The Kier molecular flexibility index (Phi) is 7.14. The lowest BCUT2D eigenvalue weighted by molar-refractivity contribution is 0.206. The summed E-state index contributed by atoms with van der Waals surface area (Å²) >= 11 is 0. The van der Waals surface area contributed by atoms with Gasteiger partial charge in [-0.3, -0.25) is 0 Å². The number of hydrogen-bond acceptors (Lipinski definition) is 6. The molecule has 1 saturated heterocycles. The van der Waals surface area contributed by atoms with Crippen molar-refractivity contribution in [3.05, 3.63) is 76.1 Å². The molecule has 174 valence electrons. The number of piperidine rings is 1. The van der Waals surface area contributed by atoms with Crippen LogP contribution in [0, 0.1) is 5.92 Å². The van der Waals surface area contributed by atoms with Crippen molar-refractivity contribution in [1.82, 2.24) is 9.91 Å². The van der Waals surface area contributed by atoms with Gasteiger partial charge in [-0.05, 0) is 50.6 Å². The minimum absolute atomic E-state index is 0.00278. The molecule has 6 heteroatoms. The molecule has 3 aromatic rings. The van der Waals surface area contributed by atoms with Crippen LogP contribution in [0.15, 0.2) is 68.9 Å². The third kappa shape index (κ3) is 5.11. The molecule has 1 aliphatic heterocycles. The number of likely N-dealkylation sites (tertiary alicyclic amines) is 1. The molecule has 4 rings (SSSR count). The third-order valence-corrected chi connectivity index (χ3v) is 6.49. The second-order valence-electron chi connectivity index (χ2n) is 9.09. The average molecular weight is 448 g/mol. The van der Waals surface area contributed by atoms with Crippen LogP contribution in [0.5, 0.6) is 5.75 Å². The molecule has 2 atom stereocenters. The molecule has 6 nitrogen and oxygen atoms in total. The normalized spacial score (nSPS) is 17.1. The topological polar surface area (TPSA) is 69.3 Å². The van der Waals surface area contributed by atoms with Crippen LogP contribution < -0.4 is 5.63 Å². The van der Waals surface area contributed by atoms with Crippen molar-refractivity contribution in [1.29, 1.82) is 0 Å². The van der Waals surface area contributed by atoms with E-state index in [-0.39, 0.29) is 11.7 Å². The van der Waals surface area contributed by atoms with Gasteiger partial charge in [-0.1, -0.05) is 48.9 Å². The fourth-order valence-corrected chi connectivity index (χ4v) is 4.97. The van der Waals surface area contributed by atoms with E-state index in [1.165, 1.54) is 19.3 Å². The van der Waals surface area contributed by atoms with E-state index < -0.39 is 11.5 Å². The molecular formula is C27H33N3O3. The second kappa shape index (κ2) is 10.2. The lowest BCUT2D eigenvalue weighted by Crippen LogP contribution is -2.40. The van der Waals surface area contributed by atoms with E-state index in [0.29, 0.717) is 16.5 Å². The summed E-state index contributed by atoms with van der Waals surface area (Å²) in [6.45, 7) is 4.84. The zero-order valence-corrected chi connectivity index (χ0v) is 19.7. The molecule has 0 saturated carbocycles. The predicted octanol–water partition coefficient (Wildman–Crippen LogP) is 4.67. The van der Waals surface area contributed by atoms with Crippen LogP contribution >= 0.6 is 0 Å². The van der Waals surface area contributed by atoms with Crippen molar-refractivity contribution in [2.24, 2.45) is 11.0 Å². The zero-order valence-electron chi connectivity index (χ0n) is 19.7. The lowest BCUT2D eigenvalue weighted by Gasteiger charge is -2.35. The third-order valence-electron chi connectivity index (χ3n) is 6.49. The first-order valence-electron chi connectivity index (χ1n) is 11.7. The van der Waals surface area contributed by atoms with E-state index in [1.54, 1.807) is 23.2 Å². The van der Waals surface area contributed by atoms with Gasteiger partial charge in [0, 0.05) is 38.2 Å². The summed E-state index contributed by atoms with van der Waals surface area (Å²) in [7, 11) is 3.81. The summed E-state index contributed by atoms with van der Waals surface area (Å²) in [6, 6.07) is 17.1. The Labute approximate surface area is 195 Å². The molecule has 2 unspecified atom stereocenters. The van der Waals surface area contributed by atoms with Crippen molar-refractivity contribution in [3.8, 4) is 5.75 Å². The molecule has 2 heterocycles. The number of benzene rings is 2. The maximum absolute atomic E-state index is 13.3. The first-order valence-corrected chi connectivity index (χ1v) is 11.7.